The van der Waals surface area contributed by atoms with Gasteiger partial charge in [0.1, 0.15) is 5.01 Å². The first-order valence-corrected chi connectivity index (χ1v) is 15.4. The van der Waals surface area contributed by atoms with Gasteiger partial charge in [-0.05, 0) is 66.3 Å². The molecule has 0 radical (unpaired) electrons. The third kappa shape index (κ3) is 9.22. The van der Waals surface area contributed by atoms with E-state index in [9.17, 15) is 14.7 Å². The summed E-state index contributed by atoms with van der Waals surface area (Å²) in [4.78, 5) is 32.6. The molecule has 0 saturated carbocycles. The molecule has 3 aromatic carbocycles. The van der Waals surface area contributed by atoms with E-state index in [1.165, 1.54) is 11.3 Å². The number of aliphatic hydroxyl groups excluding tert-OH is 1. The molecule has 1 heterocycles. The van der Waals surface area contributed by atoms with Crippen molar-refractivity contribution in [3.63, 3.8) is 0 Å². The van der Waals surface area contributed by atoms with Crippen molar-refractivity contribution in [1.82, 2.24) is 20.5 Å². The fourth-order valence-electron chi connectivity index (χ4n) is 4.85. The van der Waals surface area contributed by atoms with Gasteiger partial charge in [0.2, 0.25) is 0 Å². The Morgan fingerprint density at radius 3 is 2.44 bits per heavy atom. The van der Waals surface area contributed by atoms with Crippen LogP contribution < -0.4 is 16.4 Å². The maximum absolute atomic E-state index is 13.4. The summed E-state index contributed by atoms with van der Waals surface area (Å²) in [5, 5.41) is 20.4. The third-order valence-electron chi connectivity index (χ3n) is 7.22. The number of carbonyl (C=O) groups excluding carboxylic acids is 2. The van der Waals surface area contributed by atoms with E-state index in [0.717, 1.165) is 27.4 Å². The van der Waals surface area contributed by atoms with Crippen LogP contribution in [0, 0.1) is 6.92 Å². The highest BCUT2D eigenvalue weighted by Gasteiger charge is 2.23. The van der Waals surface area contributed by atoms with Gasteiger partial charge < -0.3 is 26.4 Å². The van der Waals surface area contributed by atoms with Crippen LogP contribution in [0.2, 0.25) is 0 Å². The molecule has 8 nitrogen and oxygen atoms in total. The SMILES string of the molecule is Cc1csc(CN(C)C(=O)c2cccc(C(=O)N[C@@H](Cc3ccccc3)[C@H](O)CNCc3cc(N)cc(C(C)C)c3)c2)n1. The first-order valence-electron chi connectivity index (χ1n) is 14.5. The third-order valence-corrected chi connectivity index (χ3v) is 8.17. The summed E-state index contributed by atoms with van der Waals surface area (Å²) in [6.07, 6.45) is -0.424. The lowest BCUT2D eigenvalue weighted by Crippen LogP contribution is -2.48. The molecule has 0 bridgehead atoms. The zero-order valence-corrected chi connectivity index (χ0v) is 26.0. The summed E-state index contributed by atoms with van der Waals surface area (Å²) < 4.78 is 0. The minimum atomic E-state index is -0.868. The zero-order chi connectivity index (χ0) is 30.9. The summed E-state index contributed by atoms with van der Waals surface area (Å²) in [5.41, 5.74) is 11.7. The molecule has 2 amide bonds. The lowest BCUT2D eigenvalue weighted by atomic mass is 9.99. The molecule has 0 unspecified atom stereocenters. The number of rotatable bonds is 13. The second-order valence-corrected chi connectivity index (χ2v) is 12.2. The molecule has 2 atom stereocenters. The Morgan fingerprint density at radius 1 is 1.00 bits per heavy atom. The molecule has 9 heteroatoms. The van der Waals surface area contributed by atoms with E-state index in [-0.39, 0.29) is 18.4 Å². The number of nitrogen functional groups attached to an aromatic ring is 1. The molecule has 43 heavy (non-hydrogen) atoms. The summed E-state index contributed by atoms with van der Waals surface area (Å²) in [6, 6.07) is 21.9. The van der Waals surface area contributed by atoms with Crippen LogP contribution in [0.15, 0.2) is 78.2 Å². The maximum atomic E-state index is 13.4. The van der Waals surface area contributed by atoms with Gasteiger partial charge in [0.05, 0.1) is 18.7 Å². The Labute approximate surface area is 258 Å². The average molecular weight is 600 g/mol. The van der Waals surface area contributed by atoms with Gasteiger partial charge >= 0.3 is 0 Å². The number of nitrogens with zero attached hydrogens (tertiary/aromatic N) is 2. The minimum Gasteiger partial charge on any atom is -0.399 e. The molecule has 4 aromatic rings. The Morgan fingerprint density at radius 2 is 1.74 bits per heavy atom. The van der Waals surface area contributed by atoms with Gasteiger partial charge in [-0.3, -0.25) is 9.59 Å². The predicted molar refractivity (Wildman–Crippen MR) is 173 cm³/mol. The highest BCUT2D eigenvalue weighted by Crippen LogP contribution is 2.20. The number of anilines is 1. The molecule has 0 spiro atoms. The number of hydrogen-bond donors (Lipinski definition) is 4. The van der Waals surface area contributed by atoms with Crippen LogP contribution >= 0.6 is 11.3 Å². The van der Waals surface area contributed by atoms with Crippen molar-refractivity contribution in [2.45, 2.75) is 58.3 Å². The van der Waals surface area contributed by atoms with E-state index in [1.807, 2.05) is 54.8 Å². The Kier molecular flexibility index (Phi) is 11.1. The maximum Gasteiger partial charge on any atom is 0.253 e. The number of amides is 2. The molecular weight excluding hydrogens is 558 g/mol. The van der Waals surface area contributed by atoms with E-state index in [4.69, 9.17) is 5.73 Å². The summed E-state index contributed by atoms with van der Waals surface area (Å²) >= 11 is 1.51. The Balaban J connectivity index is 1.43. The van der Waals surface area contributed by atoms with Crippen LogP contribution in [0.1, 0.15) is 67.9 Å². The lowest BCUT2D eigenvalue weighted by Gasteiger charge is -2.25. The van der Waals surface area contributed by atoms with E-state index in [0.29, 0.717) is 42.2 Å². The van der Waals surface area contributed by atoms with Gasteiger partial charge in [0.25, 0.3) is 11.8 Å². The molecule has 0 aliphatic carbocycles. The number of aliphatic hydroxyl groups is 1. The van der Waals surface area contributed by atoms with Crippen molar-refractivity contribution < 1.29 is 14.7 Å². The van der Waals surface area contributed by atoms with Crippen molar-refractivity contribution in [2.24, 2.45) is 0 Å². The van der Waals surface area contributed by atoms with Crippen LogP contribution in [0.5, 0.6) is 0 Å². The Bertz CT molecular complexity index is 1520. The van der Waals surface area contributed by atoms with Crippen LogP contribution in [0.3, 0.4) is 0 Å². The predicted octanol–water partition coefficient (Wildman–Crippen LogP) is 4.92. The van der Waals surface area contributed by atoms with Crippen molar-refractivity contribution in [3.05, 3.63) is 117 Å². The molecular formula is C34H41N5O3S. The van der Waals surface area contributed by atoms with Crippen LogP contribution in [0.25, 0.3) is 0 Å². The summed E-state index contributed by atoms with van der Waals surface area (Å²) in [5.74, 6) is -0.199. The molecule has 0 aliphatic heterocycles. The second-order valence-electron chi connectivity index (χ2n) is 11.3. The molecule has 0 fully saturated rings. The van der Waals surface area contributed by atoms with Gasteiger partial charge in [-0.2, -0.15) is 0 Å². The first kappa shape index (κ1) is 31.9. The molecule has 4 rings (SSSR count). The fraction of sp³-hybridized carbons (Fsp3) is 0.324. The van der Waals surface area contributed by atoms with E-state index in [2.05, 4.69) is 35.5 Å². The van der Waals surface area contributed by atoms with Crippen molar-refractivity contribution >= 4 is 28.8 Å². The number of hydrogen-bond acceptors (Lipinski definition) is 7. The molecule has 1 aromatic heterocycles. The van der Waals surface area contributed by atoms with Gasteiger partial charge in [-0.1, -0.05) is 56.3 Å². The number of aryl methyl sites for hydroxylation is 1. The smallest absolute Gasteiger partial charge is 0.253 e. The molecule has 0 aliphatic rings. The van der Waals surface area contributed by atoms with Crippen molar-refractivity contribution in [2.75, 3.05) is 19.3 Å². The molecule has 5 N–H and O–H groups in total. The number of benzene rings is 3. The standard InChI is InChI=1S/C34H41N5O3S/c1-22(2)28-13-25(14-29(35)17-28)18-36-19-31(40)30(15-24-9-6-5-7-10-24)38-33(41)26-11-8-12-27(16-26)34(42)39(4)20-32-37-23(3)21-43-32/h5-14,16-17,21-22,30-31,36,40H,15,18-20,35H2,1-4H3,(H,38,41)/t30-,31+/m0/s1. The minimum absolute atomic E-state index is 0.199. The van der Waals surface area contributed by atoms with Crippen LogP contribution in [-0.4, -0.2) is 52.5 Å². The van der Waals surface area contributed by atoms with Crippen molar-refractivity contribution in [3.8, 4) is 0 Å². The number of nitrogens with one attached hydrogen (secondary N) is 2. The molecule has 226 valence electrons. The highest BCUT2D eigenvalue weighted by atomic mass is 32.1. The number of thiazole rings is 1. The quantitative estimate of drug-likeness (QED) is 0.162. The van der Waals surface area contributed by atoms with Gasteiger partial charge in [0.15, 0.2) is 0 Å². The number of nitrogens with two attached hydrogens (primary N) is 1. The Hall–Kier alpha value is -4.05. The van der Waals surface area contributed by atoms with Gasteiger partial charge in [0, 0.05) is 48.0 Å². The molecule has 0 saturated heterocycles. The van der Waals surface area contributed by atoms with Gasteiger partial charge in [-0.25, -0.2) is 4.98 Å². The second kappa shape index (κ2) is 14.9. The highest BCUT2D eigenvalue weighted by molar-refractivity contribution is 7.09. The summed E-state index contributed by atoms with van der Waals surface area (Å²) in [6.45, 7) is 7.36. The normalized spacial score (nSPS) is 12.6. The fourth-order valence-corrected chi connectivity index (χ4v) is 5.68. The van der Waals surface area contributed by atoms with E-state index < -0.39 is 12.1 Å². The van der Waals surface area contributed by atoms with E-state index >= 15 is 0 Å². The van der Waals surface area contributed by atoms with Gasteiger partial charge in [-0.15, -0.1) is 11.3 Å². The average Bonchev–Trinajstić information content (AvgIpc) is 3.40. The summed E-state index contributed by atoms with van der Waals surface area (Å²) in [7, 11) is 1.72. The zero-order valence-electron chi connectivity index (χ0n) is 25.2. The number of carbonyl (C=O) groups is 2. The lowest BCUT2D eigenvalue weighted by molar-refractivity contribution is 0.0784. The van der Waals surface area contributed by atoms with E-state index in [1.54, 1.807) is 36.2 Å². The number of aromatic nitrogens is 1. The van der Waals surface area contributed by atoms with Crippen LogP contribution in [0.4, 0.5) is 5.69 Å². The largest absolute Gasteiger partial charge is 0.399 e. The first-order chi connectivity index (χ1) is 20.6. The van der Waals surface area contributed by atoms with Crippen LogP contribution in [-0.2, 0) is 19.5 Å². The topological polar surface area (TPSA) is 121 Å². The van der Waals surface area contributed by atoms with Crippen molar-refractivity contribution in [1.29, 1.82) is 0 Å². The monoisotopic (exact) mass is 599 g/mol.